The number of para-hydroxylation sites is 1. The van der Waals surface area contributed by atoms with Crippen LogP contribution in [0.2, 0.25) is 0 Å². The van der Waals surface area contributed by atoms with Crippen molar-refractivity contribution in [1.29, 1.82) is 0 Å². The van der Waals surface area contributed by atoms with Crippen LogP contribution in [0, 0.1) is 5.41 Å². The van der Waals surface area contributed by atoms with E-state index in [0.29, 0.717) is 12.2 Å². The van der Waals surface area contributed by atoms with E-state index in [1.807, 2.05) is 12.1 Å². The Morgan fingerprint density at radius 3 is 2.47 bits per heavy atom. The summed E-state index contributed by atoms with van der Waals surface area (Å²) < 4.78 is 0. The molecule has 2 amide bonds. The first kappa shape index (κ1) is 11.8. The van der Waals surface area contributed by atoms with E-state index in [4.69, 9.17) is 5.73 Å². The highest BCUT2D eigenvalue weighted by Crippen LogP contribution is 2.36. The molecular weight excluding hydrogens is 216 g/mol. The lowest BCUT2D eigenvalue weighted by Crippen LogP contribution is -2.33. The van der Waals surface area contributed by atoms with Crippen molar-refractivity contribution in [1.82, 2.24) is 0 Å². The second kappa shape index (κ2) is 3.96. The molecule has 0 saturated carbocycles. The summed E-state index contributed by atoms with van der Waals surface area (Å²) in [5.74, 6) is -0.302. The minimum Gasteiger partial charge on any atom is -0.326 e. The van der Waals surface area contributed by atoms with Gasteiger partial charge < -0.3 is 5.73 Å². The number of hydrogen-bond donors (Lipinski definition) is 1. The normalized spacial score (nSPS) is 18.9. The Morgan fingerprint density at radius 2 is 1.94 bits per heavy atom. The van der Waals surface area contributed by atoms with E-state index in [1.165, 1.54) is 4.90 Å². The maximum atomic E-state index is 12.2. The molecule has 1 aromatic carbocycles. The Morgan fingerprint density at radius 1 is 1.29 bits per heavy atom. The molecule has 4 nitrogen and oxygen atoms in total. The van der Waals surface area contributed by atoms with E-state index >= 15 is 0 Å². The lowest BCUT2D eigenvalue weighted by atomic mass is 9.92. The molecule has 0 radical (unpaired) electrons. The molecule has 1 aliphatic heterocycles. The number of imide groups is 1. The van der Waals surface area contributed by atoms with Crippen LogP contribution in [-0.2, 0) is 16.1 Å². The second-order valence-corrected chi connectivity index (χ2v) is 4.93. The van der Waals surface area contributed by atoms with Crippen LogP contribution in [-0.4, -0.2) is 11.8 Å². The number of hydrogen-bond acceptors (Lipinski definition) is 3. The molecule has 0 aromatic heterocycles. The second-order valence-electron chi connectivity index (χ2n) is 4.93. The van der Waals surface area contributed by atoms with E-state index in [2.05, 4.69) is 0 Å². The Labute approximate surface area is 100 Å². The first-order valence-electron chi connectivity index (χ1n) is 5.63. The lowest BCUT2D eigenvalue weighted by molar-refractivity contribution is -0.124. The largest absolute Gasteiger partial charge is 0.326 e. The third-order valence-corrected chi connectivity index (χ3v) is 3.08. The summed E-state index contributed by atoms with van der Waals surface area (Å²) in [5, 5.41) is 0. The zero-order chi connectivity index (χ0) is 12.6. The van der Waals surface area contributed by atoms with Gasteiger partial charge in [0.15, 0.2) is 0 Å². The molecular formula is C13H16N2O2. The van der Waals surface area contributed by atoms with Crippen LogP contribution in [0.5, 0.6) is 0 Å². The van der Waals surface area contributed by atoms with E-state index in [0.717, 1.165) is 5.56 Å². The van der Waals surface area contributed by atoms with Gasteiger partial charge in [0.25, 0.3) is 0 Å². The molecule has 0 spiro atoms. The minimum absolute atomic E-state index is 0.150. The average Bonchev–Trinajstić information content (AvgIpc) is 2.48. The van der Waals surface area contributed by atoms with Crippen LogP contribution in [0.4, 0.5) is 5.69 Å². The molecule has 0 aliphatic carbocycles. The number of nitrogens with zero attached hydrogens (tertiary/aromatic N) is 1. The van der Waals surface area contributed by atoms with Crippen molar-refractivity contribution in [2.75, 3.05) is 4.90 Å². The van der Waals surface area contributed by atoms with E-state index in [1.54, 1.807) is 26.0 Å². The van der Waals surface area contributed by atoms with Gasteiger partial charge in [-0.05, 0) is 11.6 Å². The van der Waals surface area contributed by atoms with Gasteiger partial charge in [-0.1, -0.05) is 32.0 Å². The number of carbonyl (C=O) groups excluding carboxylic acids is 2. The molecule has 4 heteroatoms. The predicted molar refractivity (Wildman–Crippen MR) is 65.2 cm³/mol. The SMILES string of the molecule is CC1(C)CC(=O)N(c2ccccc2CN)C1=O. The summed E-state index contributed by atoms with van der Waals surface area (Å²) in [6.07, 6.45) is 0.255. The highest BCUT2D eigenvalue weighted by molar-refractivity contribution is 6.22. The van der Waals surface area contributed by atoms with Crippen LogP contribution in [0.1, 0.15) is 25.8 Å². The van der Waals surface area contributed by atoms with Gasteiger partial charge in [-0.2, -0.15) is 0 Å². The highest BCUT2D eigenvalue weighted by Gasteiger charge is 2.45. The summed E-state index contributed by atoms with van der Waals surface area (Å²) in [4.78, 5) is 25.4. The van der Waals surface area contributed by atoms with Gasteiger partial charge in [-0.3, -0.25) is 9.59 Å². The number of carbonyl (C=O) groups is 2. The van der Waals surface area contributed by atoms with Crippen LogP contribution in [0.3, 0.4) is 0 Å². The van der Waals surface area contributed by atoms with E-state index in [-0.39, 0.29) is 18.2 Å². The van der Waals surface area contributed by atoms with E-state index in [9.17, 15) is 9.59 Å². The van der Waals surface area contributed by atoms with Gasteiger partial charge in [-0.25, -0.2) is 4.90 Å². The number of amides is 2. The molecule has 1 saturated heterocycles. The van der Waals surface area contributed by atoms with Crippen molar-refractivity contribution in [3.8, 4) is 0 Å². The lowest BCUT2D eigenvalue weighted by Gasteiger charge is -2.20. The first-order valence-corrected chi connectivity index (χ1v) is 5.63. The van der Waals surface area contributed by atoms with Crippen LogP contribution < -0.4 is 10.6 Å². The standard InChI is InChI=1S/C13H16N2O2/c1-13(2)7-11(16)15(12(13)17)10-6-4-3-5-9(10)8-14/h3-6H,7-8,14H2,1-2H3. The summed E-state index contributed by atoms with van der Waals surface area (Å²) in [6, 6.07) is 7.25. The topological polar surface area (TPSA) is 63.4 Å². The minimum atomic E-state index is -0.612. The van der Waals surface area contributed by atoms with Crippen molar-refractivity contribution in [2.45, 2.75) is 26.8 Å². The summed E-state index contributed by atoms with van der Waals surface area (Å²) in [5.41, 5.74) is 6.45. The number of rotatable bonds is 2. The number of anilines is 1. The van der Waals surface area contributed by atoms with Crippen molar-refractivity contribution >= 4 is 17.5 Å². The number of benzene rings is 1. The molecule has 0 unspecified atom stereocenters. The quantitative estimate of drug-likeness (QED) is 0.785. The third kappa shape index (κ3) is 1.85. The Kier molecular flexibility index (Phi) is 2.75. The van der Waals surface area contributed by atoms with E-state index < -0.39 is 5.41 Å². The summed E-state index contributed by atoms with van der Waals surface area (Å²) >= 11 is 0. The fourth-order valence-electron chi connectivity index (χ4n) is 2.09. The van der Waals surface area contributed by atoms with Crippen LogP contribution in [0.25, 0.3) is 0 Å². The van der Waals surface area contributed by atoms with Gasteiger partial charge in [0.05, 0.1) is 11.1 Å². The van der Waals surface area contributed by atoms with Gasteiger partial charge in [0.2, 0.25) is 11.8 Å². The van der Waals surface area contributed by atoms with Crippen LogP contribution in [0.15, 0.2) is 24.3 Å². The zero-order valence-electron chi connectivity index (χ0n) is 10.1. The molecule has 0 bridgehead atoms. The van der Waals surface area contributed by atoms with Crippen molar-refractivity contribution < 1.29 is 9.59 Å². The predicted octanol–water partition coefficient (Wildman–Crippen LogP) is 1.43. The smallest absolute Gasteiger partial charge is 0.239 e. The van der Waals surface area contributed by atoms with Crippen molar-refractivity contribution in [2.24, 2.45) is 11.1 Å². The van der Waals surface area contributed by atoms with Crippen LogP contribution >= 0.6 is 0 Å². The molecule has 1 fully saturated rings. The first-order chi connectivity index (χ1) is 7.97. The Bertz CT molecular complexity index is 480. The molecule has 0 atom stereocenters. The van der Waals surface area contributed by atoms with Gasteiger partial charge in [-0.15, -0.1) is 0 Å². The molecule has 17 heavy (non-hydrogen) atoms. The maximum absolute atomic E-state index is 12.2. The fraction of sp³-hybridized carbons (Fsp3) is 0.385. The molecule has 2 rings (SSSR count). The highest BCUT2D eigenvalue weighted by atomic mass is 16.2. The monoisotopic (exact) mass is 232 g/mol. The average molecular weight is 232 g/mol. The molecule has 1 heterocycles. The summed E-state index contributed by atoms with van der Waals surface area (Å²) in [7, 11) is 0. The zero-order valence-corrected chi connectivity index (χ0v) is 10.1. The Hall–Kier alpha value is -1.68. The van der Waals surface area contributed by atoms with Gasteiger partial charge in [0, 0.05) is 13.0 Å². The maximum Gasteiger partial charge on any atom is 0.239 e. The molecule has 1 aliphatic rings. The van der Waals surface area contributed by atoms with Crippen molar-refractivity contribution in [3.05, 3.63) is 29.8 Å². The Balaban J connectivity index is 2.47. The molecule has 2 N–H and O–H groups in total. The van der Waals surface area contributed by atoms with Crippen molar-refractivity contribution in [3.63, 3.8) is 0 Å². The molecule has 90 valence electrons. The molecule has 1 aromatic rings. The van der Waals surface area contributed by atoms with Gasteiger partial charge >= 0.3 is 0 Å². The van der Waals surface area contributed by atoms with Gasteiger partial charge in [0.1, 0.15) is 0 Å². The number of nitrogens with two attached hydrogens (primary N) is 1. The fourth-order valence-corrected chi connectivity index (χ4v) is 2.09. The third-order valence-electron chi connectivity index (χ3n) is 3.08. The summed E-state index contributed by atoms with van der Waals surface area (Å²) in [6.45, 7) is 3.89.